The molecule has 9 heteroatoms. The van der Waals surface area contributed by atoms with E-state index in [-0.39, 0.29) is 32.2 Å². The molecule has 1 aromatic heterocycles. The fraction of sp³-hybridized carbons (Fsp3) is 0.333. The van der Waals surface area contributed by atoms with Gasteiger partial charge in [-0.15, -0.1) is 0 Å². The van der Waals surface area contributed by atoms with Crippen LogP contribution in [0.3, 0.4) is 0 Å². The summed E-state index contributed by atoms with van der Waals surface area (Å²) in [7, 11) is 0. The van der Waals surface area contributed by atoms with Crippen LogP contribution in [0, 0.1) is 0 Å². The molecule has 1 atom stereocenters. The Morgan fingerprint density at radius 1 is 1.00 bits per heavy atom. The number of carbonyl (C=O) groups excluding carboxylic acids is 4. The zero-order chi connectivity index (χ0) is 26.1. The summed E-state index contributed by atoms with van der Waals surface area (Å²) in [5.74, 6) is -1.12. The maximum absolute atomic E-state index is 13.2. The molecule has 0 bridgehead atoms. The van der Waals surface area contributed by atoms with Crippen molar-refractivity contribution in [1.82, 2.24) is 14.8 Å². The number of aromatic nitrogens is 1. The minimum Gasteiger partial charge on any atom is -0.465 e. The zero-order valence-corrected chi connectivity index (χ0v) is 20.7. The number of nitrogens with one attached hydrogen (secondary N) is 1. The highest BCUT2D eigenvalue weighted by Gasteiger charge is 2.25. The van der Waals surface area contributed by atoms with Crippen LogP contribution in [0.4, 0.5) is 4.79 Å². The van der Waals surface area contributed by atoms with Gasteiger partial charge in [0.2, 0.25) is 11.8 Å². The molecule has 1 heterocycles. The molecular formula is C27H31N3O6. The van der Waals surface area contributed by atoms with Crippen molar-refractivity contribution in [3.8, 4) is 0 Å². The van der Waals surface area contributed by atoms with Gasteiger partial charge in [0.1, 0.15) is 19.2 Å². The standard InChI is InChI=1S/C27H31N3O6/c1-4-35-25(32)17-29(15-14-22-16-30(20(3)31)24-13-9-8-12-23(22)24)26(33)19(2)28-27(34)36-18-21-10-6-5-7-11-21/h5-13,16,19H,4,14-15,17-18H2,1-3H3,(H,28,34)/t19-/m0/s1. The van der Waals surface area contributed by atoms with Gasteiger partial charge in [-0.2, -0.15) is 0 Å². The number of amides is 2. The molecule has 2 aromatic carbocycles. The number of ether oxygens (including phenoxy) is 2. The van der Waals surface area contributed by atoms with Crippen molar-refractivity contribution >= 4 is 34.8 Å². The first kappa shape index (κ1) is 26.5. The lowest BCUT2D eigenvalue weighted by atomic mass is 10.1. The Bertz CT molecular complexity index is 1220. The fourth-order valence-corrected chi connectivity index (χ4v) is 3.87. The molecule has 190 valence electrons. The predicted molar refractivity (Wildman–Crippen MR) is 134 cm³/mol. The molecule has 1 N–H and O–H groups in total. The van der Waals surface area contributed by atoms with E-state index >= 15 is 0 Å². The molecule has 3 aromatic rings. The molecule has 0 fully saturated rings. The van der Waals surface area contributed by atoms with Crippen LogP contribution in [0.1, 0.15) is 36.7 Å². The van der Waals surface area contributed by atoms with Gasteiger partial charge in [-0.25, -0.2) is 4.79 Å². The van der Waals surface area contributed by atoms with Crippen LogP contribution in [0.5, 0.6) is 0 Å². The maximum atomic E-state index is 13.2. The van der Waals surface area contributed by atoms with E-state index in [1.807, 2.05) is 54.6 Å². The summed E-state index contributed by atoms with van der Waals surface area (Å²) in [6.07, 6.45) is 1.42. The van der Waals surface area contributed by atoms with Crippen LogP contribution in [0.2, 0.25) is 0 Å². The second kappa shape index (κ2) is 12.5. The normalized spacial score (nSPS) is 11.5. The summed E-state index contributed by atoms with van der Waals surface area (Å²) in [6, 6.07) is 15.8. The van der Waals surface area contributed by atoms with Gasteiger partial charge >= 0.3 is 12.1 Å². The summed E-state index contributed by atoms with van der Waals surface area (Å²) < 4.78 is 11.8. The predicted octanol–water partition coefficient (Wildman–Crippen LogP) is 3.55. The van der Waals surface area contributed by atoms with Crippen molar-refractivity contribution in [2.24, 2.45) is 0 Å². The first-order chi connectivity index (χ1) is 17.3. The molecule has 0 unspecified atom stereocenters. The Morgan fingerprint density at radius 3 is 2.39 bits per heavy atom. The average molecular weight is 494 g/mol. The smallest absolute Gasteiger partial charge is 0.408 e. The number of hydrogen-bond acceptors (Lipinski definition) is 6. The first-order valence-electron chi connectivity index (χ1n) is 11.8. The maximum Gasteiger partial charge on any atom is 0.408 e. The van der Waals surface area contributed by atoms with Crippen molar-refractivity contribution in [2.45, 2.75) is 39.8 Å². The number of alkyl carbamates (subject to hydrolysis) is 1. The Kier molecular flexibility index (Phi) is 9.21. The topological polar surface area (TPSA) is 107 Å². The summed E-state index contributed by atoms with van der Waals surface area (Å²) >= 11 is 0. The summed E-state index contributed by atoms with van der Waals surface area (Å²) in [4.78, 5) is 51.0. The van der Waals surface area contributed by atoms with Gasteiger partial charge < -0.3 is 19.7 Å². The highest BCUT2D eigenvalue weighted by molar-refractivity contribution is 5.93. The number of rotatable bonds is 10. The van der Waals surface area contributed by atoms with E-state index in [1.165, 1.54) is 18.7 Å². The van der Waals surface area contributed by atoms with Crippen LogP contribution in [0.15, 0.2) is 60.8 Å². The van der Waals surface area contributed by atoms with Crippen molar-refractivity contribution in [1.29, 1.82) is 0 Å². The minimum atomic E-state index is -0.929. The van der Waals surface area contributed by atoms with Crippen molar-refractivity contribution in [2.75, 3.05) is 19.7 Å². The number of para-hydroxylation sites is 1. The van der Waals surface area contributed by atoms with Crippen molar-refractivity contribution < 1.29 is 28.7 Å². The summed E-state index contributed by atoms with van der Waals surface area (Å²) in [5.41, 5.74) is 2.46. The Balaban J connectivity index is 1.68. The summed E-state index contributed by atoms with van der Waals surface area (Å²) in [6.45, 7) is 4.89. The second-order valence-corrected chi connectivity index (χ2v) is 8.30. The molecule has 3 rings (SSSR count). The number of nitrogens with zero attached hydrogens (tertiary/aromatic N) is 2. The molecule has 0 saturated heterocycles. The van der Waals surface area contributed by atoms with E-state index in [0.717, 1.165) is 22.0 Å². The molecule has 9 nitrogen and oxygen atoms in total. The molecule has 0 spiro atoms. The monoisotopic (exact) mass is 493 g/mol. The number of hydrogen-bond donors (Lipinski definition) is 1. The number of esters is 1. The van der Waals surface area contributed by atoms with Gasteiger partial charge in [-0.3, -0.25) is 19.0 Å². The third-order valence-electron chi connectivity index (χ3n) is 5.64. The van der Waals surface area contributed by atoms with E-state index in [0.29, 0.717) is 6.42 Å². The van der Waals surface area contributed by atoms with Gasteiger partial charge in [-0.1, -0.05) is 48.5 Å². The van der Waals surface area contributed by atoms with E-state index < -0.39 is 24.0 Å². The fourth-order valence-electron chi connectivity index (χ4n) is 3.87. The third-order valence-corrected chi connectivity index (χ3v) is 5.64. The molecule has 0 radical (unpaired) electrons. The van der Waals surface area contributed by atoms with E-state index in [1.54, 1.807) is 17.7 Å². The van der Waals surface area contributed by atoms with Crippen LogP contribution in [0.25, 0.3) is 10.9 Å². The van der Waals surface area contributed by atoms with Gasteiger partial charge in [0.25, 0.3) is 0 Å². The lowest BCUT2D eigenvalue weighted by Crippen LogP contribution is -2.49. The third kappa shape index (κ3) is 6.94. The minimum absolute atomic E-state index is 0.0698. The molecule has 0 aliphatic rings. The number of fused-ring (bicyclic) bond motifs is 1. The Hall–Kier alpha value is -4.14. The van der Waals surface area contributed by atoms with Gasteiger partial charge in [0.15, 0.2) is 0 Å². The zero-order valence-electron chi connectivity index (χ0n) is 20.7. The Morgan fingerprint density at radius 2 is 1.69 bits per heavy atom. The number of carbonyl (C=O) groups is 4. The van der Waals surface area contributed by atoms with E-state index in [4.69, 9.17) is 9.47 Å². The van der Waals surface area contributed by atoms with Crippen molar-refractivity contribution in [3.05, 3.63) is 71.9 Å². The lowest BCUT2D eigenvalue weighted by Gasteiger charge is -2.25. The van der Waals surface area contributed by atoms with Gasteiger partial charge in [0, 0.05) is 25.1 Å². The van der Waals surface area contributed by atoms with Crippen LogP contribution in [-0.2, 0) is 32.1 Å². The highest BCUT2D eigenvalue weighted by Crippen LogP contribution is 2.22. The highest BCUT2D eigenvalue weighted by atomic mass is 16.5. The number of benzene rings is 2. The van der Waals surface area contributed by atoms with Crippen LogP contribution in [-0.4, -0.2) is 59.1 Å². The SMILES string of the molecule is CCOC(=O)CN(CCc1cn(C(C)=O)c2ccccc12)C(=O)[C@H](C)NC(=O)OCc1ccccc1. The average Bonchev–Trinajstić information content (AvgIpc) is 3.24. The molecule has 0 aliphatic heterocycles. The van der Waals surface area contributed by atoms with E-state index in [2.05, 4.69) is 5.32 Å². The van der Waals surface area contributed by atoms with Gasteiger partial charge in [0.05, 0.1) is 12.1 Å². The first-order valence-corrected chi connectivity index (χ1v) is 11.8. The molecule has 36 heavy (non-hydrogen) atoms. The molecule has 0 saturated carbocycles. The van der Waals surface area contributed by atoms with Gasteiger partial charge in [-0.05, 0) is 37.5 Å². The lowest BCUT2D eigenvalue weighted by molar-refractivity contribution is -0.149. The molecule has 0 aliphatic carbocycles. The molecule has 2 amide bonds. The molecular weight excluding hydrogens is 462 g/mol. The summed E-state index contributed by atoms with van der Waals surface area (Å²) in [5, 5.41) is 3.42. The van der Waals surface area contributed by atoms with Crippen LogP contribution >= 0.6 is 0 Å². The quantitative estimate of drug-likeness (QED) is 0.433. The van der Waals surface area contributed by atoms with Crippen molar-refractivity contribution in [3.63, 3.8) is 0 Å². The van der Waals surface area contributed by atoms with E-state index in [9.17, 15) is 19.2 Å². The second-order valence-electron chi connectivity index (χ2n) is 8.30. The Labute approximate surface area is 210 Å². The van der Waals surface area contributed by atoms with Crippen LogP contribution < -0.4 is 5.32 Å². The largest absolute Gasteiger partial charge is 0.465 e.